The van der Waals surface area contributed by atoms with Gasteiger partial charge in [0.2, 0.25) is 0 Å². The van der Waals surface area contributed by atoms with Crippen LogP contribution in [0.4, 0.5) is 0 Å². The third-order valence-corrected chi connectivity index (χ3v) is 5.53. The quantitative estimate of drug-likeness (QED) is 0.539. The highest BCUT2D eigenvalue weighted by atomic mass is 16.5. The van der Waals surface area contributed by atoms with E-state index in [1.54, 1.807) is 0 Å². The van der Waals surface area contributed by atoms with Crippen LogP contribution in [0, 0.1) is 0 Å². The minimum absolute atomic E-state index is 0.211. The third-order valence-electron chi connectivity index (χ3n) is 5.53. The van der Waals surface area contributed by atoms with Crippen molar-refractivity contribution in [2.75, 3.05) is 26.2 Å². The third kappa shape index (κ3) is 4.88. The van der Waals surface area contributed by atoms with Crippen LogP contribution in [0.2, 0.25) is 0 Å². The summed E-state index contributed by atoms with van der Waals surface area (Å²) in [7, 11) is 2.93. The van der Waals surface area contributed by atoms with E-state index < -0.39 is 11.2 Å². The molecule has 3 aromatic rings. The number of nitrogens with zero attached hydrogens (tertiary/aromatic N) is 4. The van der Waals surface area contributed by atoms with Gasteiger partial charge in [-0.3, -0.25) is 18.7 Å². The lowest BCUT2D eigenvalue weighted by Crippen LogP contribution is -2.37. The minimum atomic E-state index is -0.489. The number of aryl methyl sites for hydroxylation is 1. The molecule has 1 N–H and O–H groups in total. The van der Waals surface area contributed by atoms with Gasteiger partial charge in [0.05, 0.1) is 10.9 Å². The highest BCUT2D eigenvalue weighted by molar-refractivity contribution is 5.96. The zero-order valence-corrected chi connectivity index (χ0v) is 18.9. The predicted molar refractivity (Wildman–Crippen MR) is 123 cm³/mol. The molecule has 0 atom stereocenters. The van der Waals surface area contributed by atoms with E-state index in [0.717, 1.165) is 35.5 Å². The second kappa shape index (κ2) is 10.2. The normalized spacial score (nSPS) is 11.2. The molecule has 1 aromatic carbocycles. The van der Waals surface area contributed by atoms with Crippen LogP contribution in [-0.4, -0.2) is 51.2 Å². The van der Waals surface area contributed by atoms with Gasteiger partial charge in [-0.25, -0.2) is 9.78 Å². The van der Waals surface area contributed by atoms with Crippen molar-refractivity contribution in [2.45, 2.75) is 20.4 Å². The molecule has 9 nitrogen and oxygen atoms in total. The number of hydrogen-bond acceptors (Lipinski definition) is 6. The van der Waals surface area contributed by atoms with Gasteiger partial charge in [0.15, 0.2) is 0 Å². The Hall–Kier alpha value is -3.46. The summed E-state index contributed by atoms with van der Waals surface area (Å²) < 4.78 is 8.22. The summed E-state index contributed by atoms with van der Waals surface area (Å²) in [6.07, 6.45) is 1.36. The van der Waals surface area contributed by atoms with E-state index in [2.05, 4.69) is 29.0 Å². The largest absolute Gasteiger partial charge is 0.492 e. The van der Waals surface area contributed by atoms with Crippen LogP contribution in [0.3, 0.4) is 0 Å². The number of pyridine rings is 1. The molecule has 0 saturated carbocycles. The Bertz CT molecular complexity index is 1230. The number of carbonyl (C=O) groups excluding carboxylic acids is 1. The Labute approximate surface area is 186 Å². The van der Waals surface area contributed by atoms with E-state index in [4.69, 9.17) is 4.74 Å². The monoisotopic (exact) mass is 439 g/mol. The number of hydrogen-bond donors (Lipinski definition) is 1. The van der Waals surface area contributed by atoms with Crippen LogP contribution < -0.4 is 21.3 Å². The SMILES string of the molecule is CCN(CC)CCOc1ccccc1CNC(=O)c1cnc2c(c1)c(=O)n(C)c(=O)n2C. The summed E-state index contributed by atoms with van der Waals surface area (Å²) in [4.78, 5) is 43.7. The highest BCUT2D eigenvalue weighted by Crippen LogP contribution is 2.18. The first-order valence-electron chi connectivity index (χ1n) is 10.6. The van der Waals surface area contributed by atoms with Gasteiger partial charge in [-0.05, 0) is 25.2 Å². The van der Waals surface area contributed by atoms with E-state index >= 15 is 0 Å². The summed E-state index contributed by atoms with van der Waals surface area (Å²) in [5.74, 6) is 0.355. The van der Waals surface area contributed by atoms with Crippen LogP contribution in [0.15, 0.2) is 46.1 Å². The number of nitrogens with one attached hydrogen (secondary N) is 1. The molecule has 170 valence electrons. The first kappa shape index (κ1) is 23.2. The van der Waals surface area contributed by atoms with Gasteiger partial charge in [-0.1, -0.05) is 32.0 Å². The Kier molecular flexibility index (Phi) is 7.42. The van der Waals surface area contributed by atoms with Crippen molar-refractivity contribution in [3.8, 4) is 5.75 Å². The van der Waals surface area contributed by atoms with Crippen LogP contribution in [0.1, 0.15) is 29.8 Å². The maximum atomic E-state index is 12.7. The predicted octanol–water partition coefficient (Wildman–Crippen LogP) is 1.28. The first-order valence-corrected chi connectivity index (χ1v) is 10.6. The number of amides is 1. The number of carbonyl (C=O) groups is 1. The summed E-state index contributed by atoms with van der Waals surface area (Å²) in [6.45, 7) is 7.82. The Balaban J connectivity index is 1.73. The van der Waals surface area contributed by atoms with Gasteiger partial charge < -0.3 is 15.0 Å². The molecule has 0 radical (unpaired) electrons. The van der Waals surface area contributed by atoms with E-state index in [0.29, 0.717) is 6.61 Å². The summed E-state index contributed by atoms with van der Waals surface area (Å²) in [6, 6.07) is 9.03. The summed E-state index contributed by atoms with van der Waals surface area (Å²) in [5, 5.41) is 3.07. The fraction of sp³-hybridized carbons (Fsp3) is 0.391. The Morgan fingerprint density at radius 1 is 1.12 bits per heavy atom. The fourth-order valence-corrected chi connectivity index (χ4v) is 3.48. The van der Waals surface area contributed by atoms with Gasteiger partial charge >= 0.3 is 5.69 Å². The first-order chi connectivity index (χ1) is 15.4. The van der Waals surface area contributed by atoms with Crippen molar-refractivity contribution >= 4 is 16.9 Å². The van der Waals surface area contributed by atoms with Crippen molar-refractivity contribution < 1.29 is 9.53 Å². The van der Waals surface area contributed by atoms with Crippen LogP contribution >= 0.6 is 0 Å². The van der Waals surface area contributed by atoms with Gasteiger partial charge in [0.25, 0.3) is 11.5 Å². The van der Waals surface area contributed by atoms with E-state index in [-0.39, 0.29) is 29.0 Å². The molecule has 0 aliphatic carbocycles. The molecular weight excluding hydrogens is 410 g/mol. The van der Waals surface area contributed by atoms with Crippen molar-refractivity contribution in [1.29, 1.82) is 0 Å². The minimum Gasteiger partial charge on any atom is -0.492 e. The molecule has 2 aromatic heterocycles. The fourth-order valence-electron chi connectivity index (χ4n) is 3.48. The number of fused-ring (bicyclic) bond motifs is 1. The molecule has 1 amide bonds. The molecule has 32 heavy (non-hydrogen) atoms. The molecule has 9 heteroatoms. The highest BCUT2D eigenvalue weighted by Gasteiger charge is 2.14. The molecule has 0 unspecified atom stereocenters. The maximum Gasteiger partial charge on any atom is 0.332 e. The number of benzene rings is 1. The zero-order chi connectivity index (χ0) is 23.3. The Morgan fingerprint density at radius 3 is 2.56 bits per heavy atom. The molecule has 2 heterocycles. The molecule has 0 fully saturated rings. The molecule has 0 spiro atoms. The second-order valence-corrected chi connectivity index (χ2v) is 7.47. The molecule has 0 aliphatic rings. The lowest BCUT2D eigenvalue weighted by molar-refractivity contribution is 0.0950. The van der Waals surface area contributed by atoms with Crippen LogP contribution in [-0.2, 0) is 20.6 Å². The Morgan fingerprint density at radius 2 is 1.84 bits per heavy atom. The number of aromatic nitrogens is 3. The molecular formula is C23H29N5O4. The number of likely N-dealkylation sites (N-methyl/N-ethyl adjacent to an activating group) is 1. The lowest BCUT2D eigenvalue weighted by Gasteiger charge is -2.19. The number of ether oxygens (including phenoxy) is 1. The summed E-state index contributed by atoms with van der Waals surface area (Å²) in [5.41, 5.74) is 0.379. The molecule has 3 rings (SSSR count). The average molecular weight is 440 g/mol. The zero-order valence-electron chi connectivity index (χ0n) is 18.9. The average Bonchev–Trinajstić information content (AvgIpc) is 2.82. The van der Waals surface area contributed by atoms with Crippen LogP contribution in [0.25, 0.3) is 11.0 Å². The smallest absolute Gasteiger partial charge is 0.332 e. The number of para-hydroxylation sites is 1. The maximum absolute atomic E-state index is 12.7. The molecule has 0 aliphatic heterocycles. The van der Waals surface area contributed by atoms with Gasteiger partial charge in [-0.15, -0.1) is 0 Å². The van der Waals surface area contributed by atoms with E-state index in [1.165, 1.54) is 30.9 Å². The second-order valence-electron chi connectivity index (χ2n) is 7.47. The van der Waals surface area contributed by atoms with Gasteiger partial charge in [-0.2, -0.15) is 0 Å². The van der Waals surface area contributed by atoms with Crippen molar-refractivity contribution in [3.63, 3.8) is 0 Å². The van der Waals surface area contributed by atoms with Crippen molar-refractivity contribution in [2.24, 2.45) is 14.1 Å². The van der Waals surface area contributed by atoms with Crippen molar-refractivity contribution in [3.05, 3.63) is 68.5 Å². The van der Waals surface area contributed by atoms with Gasteiger partial charge in [0, 0.05) is 38.9 Å². The van der Waals surface area contributed by atoms with Crippen LogP contribution in [0.5, 0.6) is 5.75 Å². The van der Waals surface area contributed by atoms with Crippen molar-refractivity contribution in [1.82, 2.24) is 24.3 Å². The topological polar surface area (TPSA) is 98.5 Å². The summed E-state index contributed by atoms with van der Waals surface area (Å²) >= 11 is 0. The van der Waals surface area contributed by atoms with E-state index in [1.807, 2.05) is 24.3 Å². The van der Waals surface area contributed by atoms with E-state index in [9.17, 15) is 14.4 Å². The molecule has 0 bridgehead atoms. The van der Waals surface area contributed by atoms with Gasteiger partial charge in [0.1, 0.15) is 18.0 Å². The number of rotatable bonds is 9. The lowest BCUT2D eigenvalue weighted by atomic mass is 10.2. The standard InChI is InChI=1S/C23H29N5O4/c1-5-28(6-2)11-12-32-19-10-8-7-9-16(19)14-25-21(29)17-13-18-20(24-15-17)26(3)23(31)27(4)22(18)30/h7-10,13,15H,5-6,11-12,14H2,1-4H3,(H,25,29). The molecule has 0 saturated heterocycles.